The standard InChI is InChI=1S/C33H44N4O5/c1-10-23-15-17-24(18-16-23)28(29(39)36-27-21(3)13-12-14-22(27)4)37(33(8,9)11-2)30(40)25(19-20-26(34)38)35-31(41)42-32(5,6)7/h1,12-18,25,28H,11,19-20H2,2-9H3,(H2,34,38)(H,35,41)(H,36,39). The molecule has 0 fully saturated rings. The summed E-state index contributed by atoms with van der Waals surface area (Å²) in [7, 11) is 0. The molecule has 4 amide bonds. The number of hydrogen-bond donors (Lipinski definition) is 3. The van der Waals surface area contributed by atoms with Crippen LogP contribution in [0, 0.1) is 26.2 Å². The normalized spacial score (nSPS) is 12.8. The molecule has 9 heteroatoms. The van der Waals surface area contributed by atoms with Crippen LogP contribution in [0.3, 0.4) is 0 Å². The van der Waals surface area contributed by atoms with E-state index in [0.717, 1.165) is 11.1 Å². The zero-order valence-corrected chi connectivity index (χ0v) is 26.0. The smallest absolute Gasteiger partial charge is 0.408 e. The number of aryl methyl sites for hydroxylation is 2. The molecule has 0 saturated carbocycles. The predicted octanol–water partition coefficient (Wildman–Crippen LogP) is 5.14. The van der Waals surface area contributed by atoms with E-state index in [1.165, 1.54) is 4.90 Å². The Bertz CT molecular complexity index is 1320. The Balaban J connectivity index is 2.71. The van der Waals surface area contributed by atoms with Crippen molar-refractivity contribution < 1.29 is 23.9 Å². The molecule has 42 heavy (non-hydrogen) atoms. The van der Waals surface area contributed by atoms with Gasteiger partial charge in [0.05, 0.1) is 0 Å². The number of nitrogens with one attached hydrogen (secondary N) is 2. The van der Waals surface area contributed by atoms with Crippen LogP contribution in [0.2, 0.25) is 0 Å². The van der Waals surface area contributed by atoms with Crippen LogP contribution in [0.1, 0.15) is 89.1 Å². The van der Waals surface area contributed by atoms with Gasteiger partial charge in [0.2, 0.25) is 11.8 Å². The fourth-order valence-corrected chi connectivity index (χ4v) is 4.49. The Labute approximate surface area is 249 Å². The summed E-state index contributed by atoms with van der Waals surface area (Å²) in [6.07, 6.45) is 4.98. The Morgan fingerprint density at radius 3 is 2.05 bits per heavy atom. The van der Waals surface area contributed by atoms with Crippen LogP contribution in [0.15, 0.2) is 42.5 Å². The summed E-state index contributed by atoms with van der Waals surface area (Å²) in [5.74, 6) is 0.938. The molecule has 2 aromatic carbocycles. The fourth-order valence-electron chi connectivity index (χ4n) is 4.49. The molecule has 0 aliphatic carbocycles. The summed E-state index contributed by atoms with van der Waals surface area (Å²) in [5.41, 5.74) is 7.24. The number of amides is 4. The number of anilines is 1. The second-order valence-corrected chi connectivity index (χ2v) is 12.0. The van der Waals surface area contributed by atoms with E-state index in [-0.39, 0.29) is 12.8 Å². The molecule has 0 radical (unpaired) electrons. The average molecular weight is 577 g/mol. The quantitative estimate of drug-likeness (QED) is 0.319. The molecular formula is C33H44N4O5. The van der Waals surface area contributed by atoms with E-state index in [9.17, 15) is 19.2 Å². The van der Waals surface area contributed by atoms with Crippen molar-refractivity contribution in [2.24, 2.45) is 5.73 Å². The number of benzene rings is 2. The molecule has 0 aliphatic heterocycles. The van der Waals surface area contributed by atoms with Gasteiger partial charge in [0.1, 0.15) is 17.7 Å². The molecule has 0 bridgehead atoms. The summed E-state index contributed by atoms with van der Waals surface area (Å²) in [5, 5.41) is 5.66. The molecular weight excluding hydrogens is 532 g/mol. The average Bonchev–Trinajstić information content (AvgIpc) is 2.90. The summed E-state index contributed by atoms with van der Waals surface area (Å²) in [6.45, 7) is 14.5. The van der Waals surface area contributed by atoms with Crippen molar-refractivity contribution in [3.8, 4) is 12.3 Å². The van der Waals surface area contributed by atoms with E-state index < -0.39 is 47.0 Å². The Hall–Kier alpha value is -4.32. The zero-order chi connectivity index (χ0) is 31.8. The lowest BCUT2D eigenvalue weighted by Gasteiger charge is -2.44. The number of ether oxygens (including phenoxy) is 1. The predicted molar refractivity (Wildman–Crippen MR) is 164 cm³/mol. The highest BCUT2D eigenvalue weighted by Gasteiger charge is 2.43. The number of carbonyl (C=O) groups is 4. The maximum Gasteiger partial charge on any atom is 0.408 e. The van der Waals surface area contributed by atoms with Crippen LogP contribution in [-0.4, -0.2) is 45.9 Å². The fraction of sp³-hybridized carbons (Fsp3) is 0.455. The van der Waals surface area contributed by atoms with Gasteiger partial charge >= 0.3 is 6.09 Å². The van der Waals surface area contributed by atoms with Gasteiger partial charge < -0.3 is 26.0 Å². The van der Waals surface area contributed by atoms with Crippen molar-refractivity contribution in [3.05, 3.63) is 64.7 Å². The van der Waals surface area contributed by atoms with Crippen LogP contribution in [0.4, 0.5) is 10.5 Å². The molecule has 4 N–H and O–H groups in total. The minimum Gasteiger partial charge on any atom is -0.444 e. The minimum absolute atomic E-state index is 0.0784. The summed E-state index contributed by atoms with van der Waals surface area (Å²) in [6, 6.07) is 10.2. The minimum atomic E-state index is -1.20. The maximum atomic E-state index is 14.5. The van der Waals surface area contributed by atoms with Crippen molar-refractivity contribution >= 4 is 29.5 Å². The molecule has 2 unspecified atom stereocenters. The van der Waals surface area contributed by atoms with Gasteiger partial charge in [-0.3, -0.25) is 14.4 Å². The number of terminal acetylenes is 1. The summed E-state index contributed by atoms with van der Waals surface area (Å²) < 4.78 is 5.41. The molecule has 0 aliphatic rings. The van der Waals surface area contributed by atoms with Crippen molar-refractivity contribution in [2.45, 2.75) is 97.9 Å². The van der Waals surface area contributed by atoms with Gasteiger partial charge in [-0.15, -0.1) is 6.42 Å². The lowest BCUT2D eigenvalue weighted by atomic mass is 9.91. The van der Waals surface area contributed by atoms with Gasteiger partial charge in [-0.05, 0) is 90.1 Å². The lowest BCUT2D eigenvalue weighted by Crippen LogP contribution is -2.59. The van der Waals surface area contributed by atoms with Crippen molar-refractivity contribution in [1.29, 1.82) is 0 Å². The Kier molecular flexibility index (Phi) is 11.3. The number of nitrogens with zero attached hydrogens (tertiary/aromatic N) is 1. The number of rotatable bonds is 11. The number of carbonyl (C=O) groups excluding carboxylic acids is 4. The third kappa shape index (κ3) is 9.10. The van der Waals surface area contributed by atoms with E-state index in [4.69, 9.17) is 16.9 Å². The van der Waals surface area contributed by atoms with Crippen molar-refractivity contribution in [3.63, 3.8) is 0 Å². The molecule has 0 aromatic heterocycles. The molecule has 226 valence electrons. The van der Waals surface area contributed by atoms with Crippen LogP contribution < -0.4 is 16.4 Å². The molecule has 2 aromatic rings. The largest absolute Gasteiger partial charge is 0.444 e. The summed E-state index contributed by atoms with van der Waals surface area (Å²) >= 11 is 0. The molecule has 9 nitrogen and oxygen atoms in total. The van der Waals surface area contributed by atoms with Crippen molar-refractivity contribution in [1.82, 2.24) is 10.2 Å². The second kappa shape index (κ2) is 14.0. The first-order valence-corrected chi connectivity index (χ1v) is 14.1. The SMILES string of the molecule is C#Cc1ccc(C(C(=O)Nc2c(C)cccc2C)N(C(=O)C(CCC(N)=O)NC(=O)OC(C)(C)C)C(C)(C)CC)cc1. The van der Waals surface area contributed by atoms with E-state index in [1.807, 2.05) is 52.8 Å². The molecule has 0 saturated heterocycles. The highest BCUT2D eigenvalue weighted by atomic mass is 16.6. The van der Waals surface area contributed by atoms with Gasteiger partial charge in [0.15, 0.2) is 0 Å². The maximum absolute atomic E-state index is 14.5. The number of primary amides is 1. The van der Waals surface area contributed by atoms with Crippen molar-refractivity contribution in [2.75, 3.05) is 5.32 Å². The van der Waals surface area contributed by atoms with Gasteiger partial charge in [-0.25, -0.2) is 4.79 Å². The highest BCUT2D eigenvalue weighted by molar-refractivity contribution is 6.00. The van der Waals surface area contributed by atoms with Crippen LogP contribution in [0.25, 0.3) is 0 Å². The number of alkyl carbamates (subject to hydrolysis) is 1. The topological polar surface area (TPSA) is 131 Å². The Morgan fingerprint density at radius 1 is 1.00 bits per heavy atom. The van der Waals surface area contributed by atoms with E-state index in [2.05, 4.69) is 16.6 Å². The molecule has 2 atom stereocenters. The van der Waals surface area contributed by atoms with Gasteiger partial charge in [0.25, 0.3) is 5.91 Å². The first kappa shape index (κ1) is 33.9. The first-order valence-electron chi connectivity index (χ1n) is 14.1. The number of hydrogen-bond acceptors (Lipinski definition) is 5. The molecule has 0 heterocycles. The van der Waals surface area contributed by atoms with Gasteiger partial charge in [-0.1, -0.05) is 43.2 Å². The number of nitrogens with two attached hydrogens (primary N) is 1. The molecule has 2 rings (SSSR count). The highest BCUT2D eigenvalue weighted by Crippen LogP contribution is 2.34. The third-order valence-corrected chi connectivity index (χ3v) is 7.05. The van der Waals surface area contributed by atoms with Crippen LogP contribution in [-0.2, 0) is 19.1 Å². The zero-order valence-electron chi connectivity index (χ0n) is 26.0. The van der Waals surface area contributed by atoms with E-state index in [0.29, 0.717) is 23.2 Å². The molecule has 0 spiro atoms. The van der Waals surface area contributed by atoms with Crippen LogP contribution in [0.5, 0.6) is 0 Å². The lowest BCUT2D eigenvalue weighted by molar-refractivity contribution is -0.148. The van der Waals surface area contributed by atoms with Gasteiger partial charge in [0, 0.05) is 23.2 Å². The Morgan fingerprint density at radius 2 is 1.57 bits per heavy atom. The third-order valence-electron chi connectivity index (χ3n) is 7.05. The summed E-state index contributed by atoms with van der Waals surface area (Å²) in [4.78, 5) is 54.7. The first-order chi connectivity index (χ1) is 19.5. The van der Waals surface area contributed by atoms with E-state index in [1.54, 1.807) is 45.0 Å². The van der Waals surface area contributed by atoms with E-state index >= 15 is 0 Å². The number of para-hydroxylation sites is 1. The monoisotopic (exact) mass is 576 g/mol. The second-order valence-electron chi connectivity index (χ2n) is 12.0. The van der Waals surface area contributed by atoms with Crippen LogP contribution >= 0.6 is 0 Å². The van der Waals surface area contributed by atoms with Gasteiger partial charge in [-0.2, -0.15) is 0 Å².